The molecule has 0 saturated carbocycles. The quantitative estimate of drug-likeness (QED) is 0.782. The van der Waals surface area contributed by atoms with Gasteiger partial charge in [0.2, 0.25) is 0 Å². The summed E-state index contributed by atoms with van der Waals surface area (Å²) in [7, 11) is 1.93. The molecule has 0 spiro atoms. The number of aromatic nitrogens is 3. The van der Waals surface area contributed by atoms with Crippen LogP contribution in [0, 0.1) is 0 Å². The maximum atomic E-state index is 4.47. The summed E-state index contributed by atoms with van der Waals surface area (Å²) in [4.78, 5) is 14.4. The highest BCUT2D eigenvalue weighted by Crippen LogP contribution is 2.20. The molecule has 0 atom stereocenters. The molecule has 0 amide bonds. The molecule has 3 rings (SSSR count). The SMILES string of the molecule is CN1CN(c2cccnc2)C(c2ccncn2)=N1. The fraction of sp³-hybridized carbons (Fsp3) is 0.167. The van der Waals surface area contributed by atoms with Gasteiger partial charge in [0.05, 0.1) is 11.9 Å². The van der Waals surface area contributed by atoms with Crippen LogP contribution in [-0.4, -0.2) is 39.5 Å². The van der Waals surface area contributed by atoms with E-state index < -0.39 is 0 Å². The van der Waals surface area contributed by atoms with Crippen molar-refractivity contribution < 1.29 is 0 Å². The molecule has 0 radical (unpaired) electrons. The predicted octanol–water partition coefficient (Wildman–Crippen LogP) is 0.943. The molecule has 0 aromatic carbocycles. The highest BCUT2D eigenvalue weighted by Gasteiger charge is 2.24. The van der Waals surface area contributed by atoms with Gasteiger partial charge in [0.1, 0.15) is 18.7 Å². The molecule has 18 heavy (non-hydrogen) atoms. The topological polar surface area (TPSA) is 57.5 Å². The Balaban J connectivity index is 1.99. The van der Waals surface area contributed by atoms with E-state index in [9.17, 15) is 0 Å². The first-order chi connectivity index (χ1) is 8.84. The van der Waals surface area contributed by atoms with Gasteiger partial charge in [-0.05, 0) is 18.2 Å². The van der Waals surface area contributed by atoms with Crippen LogP contribution < -0.4 is 4.90 Å². The monoisotopic (exact) mass is 240 g/mol. The zero-order chi connectivity index (χ0) is 12.4. The molecule has 0 unspecified atom stereocenters. The number of hydrazone groups is 1. The molecule has 0 bridgehead atoms. The van der Waals surface area contributed by atoms with Gasteiger partial charge in [-0.3, -0.25) is 9.99 Å². The Morgan fingerprint density at radius 2 is 2.11 bits per heavy atom. The molecule has 0 saturated heterocycles. The van der Waals surface area contributed by atoms with E-state index in [1.165, 1.54) is 6.33 Å². The van der Waals surface area contributed by atoms with E-state index in [4.69, 9.17) is 0 Å². The van der Waals surface area contributed by atoms with Crippen LogP contribution in [0.15, 0.2) is 48.2 Å². The van der Waals surface area contributed by atoms with Gasteiger partial charge in [0.15, 0.2) is 5.84 Å². The summed E-state index contributed by atoms with van der Waals surface area (Å²) in [5.41, 5.74) is 1.80. The first-order valence-electron chi connectivity index (χ1n) is 5.58. The van der Waals surface area contributed by atoms with Crippen molar-refractivity contribution in [3.63, 3.8) is 0 Å². The first-order valence-corrected chi connectivity index (χ1v) is 5.58. The summed E-state index contributed by atoms with van der Waals surface area (Å²) < 4.78 is 0. The van der Waals surface area contributed by atoms with E-state index in [-0.39, 0.29) is 0 Å². The molecular weight excluding hydrogens is 228 g/mol. The molecule has 3 heterocycles. The van der Waals surface area contributed by atoms with Gasteiger partial charge < -0.3 is 4.90 Å². The van der Waals surface area contributed by atoms with Gasteiger partial charge in [-0.15, -0.1) is 0 Å². The lowest BCUT2D eigenvalue weighted by molar-refractivity contribution is 0.393. The lowest BCUT2D eigenvalue weighted by Gasteiger charge is -2.19. The molecular formula is C12H12N6. The van der Waals surface area contributed by atoms with E-state index in [0.29, 0.717) is 6.67 Å². The predicted molar refractivity (Wildman–Crippen MR) is 67.9 cm³/mol. The minimum atomic E-state index is 0.686. The van der Waals surface area contributed by atoms with Gasteiger partial charge in [-0.25, -0.2) is 9.97 Å². The zero-order valence-corrected chi connectivity index (χ0v) is 9.93. The van der Waals surface area contributed by atoms with Gasteiger partial charge in [0, 0.05) is 19.4 Å². The molecule has 1 aliphatic heterocycles. The van der Waals surface area contributed by atoms with E-state index >= 15 is 0 Å². The Morgan fingerprint density at radius 3 is 2.83 bits per heavy atom. The minimum absolute atomic E-state index is 0.686. The van der Waals surface area contributed by atoms with Crippen molar-refractivity contribution in [2.45, 2.75) is 0 Å². The second kappa shape index (κ2) is 4.40. The summed E-state index contributed by atoms with van der Waals surface area (Å²) in [6.07, 6.45) is 6.81. The Morgan fingerprint density at radius 1 is 1.17 bits per heavy atom. The smallest absolute Gasteiger partial charge is 0.180 e. The van der Waals surface area contributed by atoms with Gasteiger partial charge in [0.25, 0.3) is 0 Å². The number of hydrogen-bond donors (Lipinski definition) is 0. The molecule has 0 aliphatic carbocycles. The molecule has 1 aliphatic rings. The van der Waals surface area contributed by atoms with Crippen molar-refractivity contribution >= 4 is 11.5 Å². The summed E-state index contributed by atoms with van der Waals surface area (Å²) in [6.45, 7) is 0.686. The maximum Gasteiger partial charge on any atom is 0.180 e. The second-order valence-corrected chi connectivity index (χ2v) is 3.96. The van der Waals surface area contributed by atoms with Crippen LogP contribution in [-0.2, 0) is 0 Å². The van der Waals surface area contributed by atoms with Gasteiger partial charge in [-0.2, -0.15) is 5.10 Å². The summed E-state index contributed by atoms with van der Waals surface area (Å²) in [5.74, 6) is 0.813. The van der Waals surface area contributed by atoms with Crippen LogP contribution in [0.3, 0.4) is 0 Å². The van der Waals surface area contributed by atoms with Crippen molar-refractivity contribution in [3.05, 3.63) is 48.8 Å². The van der Waals surface area contributed by atoms with Crippen molar-refractivity contribution in [2.24, 2.45) is 5.10 Å². The Kier molecular flexibility index (Phi) is 2.60. The molecule has 90 valence electrons. The van der Waals surface area contributed by atoms with Crippen LogP contribution in [0.25, 0.3) is 0 Å². The average molecular weight is 240 g/mol. The Labute approximate surface area is 105 Å². The highest BCUT2D eigenvalue weighted by atomic mass is 15.6. The number of amidine groups is 1. The van der Waals surface area contributed by atoms with Crippen molar-refractivity contribution in [1.82, 2.24) is 20.0 Å². The molecule has 2 aromatic heterocycles. The molecule has 6 heteroatoms. The molecule has 0 fully saturated rings. The molecule has 0 N–H and O–H groups in total. The van der Waals surface area contributed by atoms with Crippen molar-refractivity contribution in [3.8, 4) is 0 Å². The summed E-state index contributed by atoms with van der Waals surface area (Å²) >= 11 is 0. The summed E-state index contributed by atoms with van der Waals surface area (Å²) in [5, 5.41) is 6.34. The highest BCUT2D eigenvalue weighted by molar-refractivity contribution is 6.09. The normalized spacial score (nSPS) is 14.8. The van der Waals surface area contributed by atoms with Gasteiger partial charge >= 0.3 is 0 Å². The van der Waals surface area contributed by atoms with Gasteiger partial charge in [-0.1, -0.05) is 0 Å². The number of nitrogens with zero attached hydrogens (tertiary/aromatic N) is 6. The van der Waals surface area contributed by atoms with Crippen LogP contribution in [0.2, 0.25) is 0 Å². The fourth-order valence-electron chi connectivity index (χ4n) is 1.85. The first kappa shape index (κ1) is 10.6. The third kappa shape index (κ3) is 1.88. The van der Waals surface area contributed by atoms with Crippen molar-refractivity contribution in [1.29, 1.82) is 0 Å². The fourth-order valence-corrected chi connectivity index (χ4v) is 1.85. The van der Waals surface area contributed by atoms with Crippen LogP contribution in [0.4, 0.5) is 5.69 Å². The second-order valence-electron chi connectivity index (χ2n) is 3.96. The number of hydrogen-bond acceptors (Lipinski definition) is 6. The molecule has 2 aromatic rings. The lowest BCUT2D eigenvalue weighted by atomic mass is 10.3. The number of pyridine rings is 1. The zero-order valence-electron chi connectivity index (χ0n) is 9.93. The van der Waals surface area contributed by atoms with Crippen molar-refractivity contribution in [2.75, 3.05) is 18.6 Å². The van der Waals surface area contributed by atoms with E-state index in [2.05, 4.69) is 25.0 Å². The third-order valence-corrected chi connectivity index (χ3v) is 2.64. The van der Waals surface area contributed by atoms with Crippen LogP contribution in [0.5, 0.6) is 0 Å². The maximum absolute atomic E-state index is 4.47. The average Bonchev–Trinajstić information content (AvgIpc) is 2.83. The standard InChI is InChI=1S/C12H12N6/c1-17-9-18(10-3-2-5-13-7-10)12(16-17)11-4-6-14-8-15-11/h2-8H,9H2,1H3. The lowest BCUT2D eigenvalue weighted by Crippen LogP contribution is -2.30. The van der Waals surface area contributed by atoms with Crippen LogP contribution >= 0.6 is 0 Å². The number of anilines is 1. The summed E-state index contributed by atoms with van der Waals surface area (Å²) in [6, 6.07) is 5.76. The van der Waals surface area contributed by atoms with E-state index in [1.807, 2.05) is 36.5 Å². The molecule has 6 nitrogen and oxygen atoms in total. The van der Waals surface area contributed by atoms with Crippen LogP contribution in [0.1, 0.15) is 5.69 Å². The number of rotatable bonds is 2. The van der Waals surface area contributed by atoms with E-state index in [1.54, 1.807) is 12.4 Å². The Hall–Kier alpha value is -2.50. The largest absolute Gasteiger partial charge is 0.302 e. The third-order valence-electron chi connectivity index (χ3n) is 2.64. The minimum Gasteiger partial charge on any atom is -0.302 e. The van der Waals surface area contributed by atoms with E-state index in [0.717, 1.165) is 17.2 Å². The Bertz CT molecular complexity index is 553.